The van der Waals surface area contributed by atoms with Crippen molar-refractivity contribution in [3.63, 3.8) is 0 Å². The molecular formula is C21H24N4O2S. The SMILES string of the molecule is CCc1cccc(OCC(=O)N2CCN(c3ncnc4sc(C)cc34)CC2)c1. The number of carbonyl (C=O) groups excluding carboxylic acids is 1. The van der Waals surface area contributed by atoms with E-state index in [2.05, 4.69) is 40.8 Å². The molecule has 146 valence electrons. The van der Waals surface area contributed by atoms with Gasteiger partial charge in [0.1, 0.15) is 22.7 Å². The molecule has 1 amide bonds. The number of piperazine rings is 1. The van der Waals surface area contributed by atoms with Crippen molar-refractivity contribution in [2.45, 2.75) is 20.3 Å². The number of thiophene rings is 1. The van der Waals surface area contributed by atoms with Crippen LogP contribution in [-0.4, -0.2) is 53.6 Å². The fourth-order valence-corrected chi connectivity index (χ4v) is 4.32. The Balaban J connectivity index is 1.35. The van der Waals surface area contributed by atoms with Crippen molar-refractivity contribution in [2.24, 2.45) is 0 Å². The van der Waals surface area contributed by atoms with Crippen LogP contribution in [0, 0.1) is 6.92 Å². The molecule has 2 aromatic heterocycles. The van der Waals surface area contributed by atoms with E-state index in [0.717, 1.165) is 41.3 Å². The van der Waals surface area contributed by atoms with Crippen LogP contribution < -0.4 is 9.64 Å². The van der Waals surface area contributed by atoms with Gasteiger partial charge >= 0.3 is 0 Å². The molecule has 7 heteroatoms. The number of hydrogen-bond donors (Lipinski definition) is 0. The summed E-state index contributed by atoms with van der Waals surface area (Å²) in [5, 5.41) is 1.10. The predicted molar refractivity (Wildman–Crippen MR) is 112 cm³/mol. The number of benzene rings is 1. The van der Waals surface area contributed by atoms with Crippen LogP contribution in [0.2, 0.25) is 0 Å². The quantitative estimate of drug-likeness (QED) is 0.662. The molecule has 1 aliphatic rings. The van der Waals surface area contributed by atoms with Crippen LogP contribution in [0.25, 0.3) is 10.2 Å². The van der Waals surface area contributed by atoms with E-state index in [1.54, 1.807) is 17.7 Å². The summed E-state index contributed by atoms with van der Waals surface area (Å²) in [6.07, 6.45) is 2.58. The molecule has 0 bridgehead atoms. The number of nitrogens with zero attached hydrogens (tertiary/aromatic N) is 4. The zero-order valence-electron chi connectivity index (χ0n) is 16.2. The van der Waals surface area contributed by atoms with E-state index in [-0.39, 0.29) is 12.5 Å². The lowest BCUT2D eigenvalue weighted by atomic mass is 10.2. The van der Waals surface area contributed by atoms with Gasteiger partial charge in [0, 0.05) is 31.1 Å². The molecule has 0 aliphatic carbocycles. The average molecular weight is 397 g/mol. The van der Waals surface area contributed by atoms with E-state index in [9.17, 15) is 4.79 Å². The maximum absolute atomic E-state index is 12.5. The van der Waals surface area contributed by atoms with Crippen LogP contribution >= 0.6 is 11.3 Å². The maximum atomic E-state index is 12.5. The molecule has 1 aliphatic heterocycles. The largest absolute Gasteiger partial charge is 0.484 e. The van der Waals surface area contributed by atoms with Crippen LogP contribution in [0.3, 0.4) is 0 Å². The van der Waals surface area contributed by atoms with Gasteiger partial charge < -0.3 is 14.5 Å². The second kappa shape index (κ2) is 8.14. The number of anilines is 1. The third-order valence-electron chi connectivity index (χ3n) is 5.03. The summed E-state index contributed by atoms with van der Waals surface area (Å²) < 4.78 is 5.71. The molecule has 1 aromatic carbocycles. The van der Waals surface area contributed by atoms with Crippen LogP contribution in [0.1, 0.15) is 17.4 Å². The summed E-state index contributed by atoms with van der Waals surface area (Å²) in [6, 6.07) is 10.1. The first-order valence-electron chi connectivity index (χ1n) is 9.59. The number of carbonyl (C=O) groups is 1. The molecule has 6 nitrogen and oxygen atoms in total. The normalized spacial score (nSPS) is 14.5. The molecule has 4 rings (SSSR count). The fourth-order valence-electron chi connectivity index (χ4n) is 3.47. The van der Waals surface area contributed by atoms with Gasteiger partial charge in [-0.3, -0.25) is 4.79 Å². The molecule has 0 spiro atoms. The number of aryl methyl sites for hydroxylation is 2. The minimum absolute atomic E-state index is 0.0285. The summed E-state index contributed by atoms with van der Waals surface area (Å²) in [6.45, 7) is 7.14. The van der Waals surface area contributed by atoms with Gasteiger partial charge in [-0.1, -0.05) is 19.1 Å². The molecule has 28 heavy (non-hydrogen) atoms. The molecule has 0 N–H and O–H groups in total. The second-order valence-electron chi connectivity index (χ2n) is 6.93. The van der Waals surface area contributed by atoms with Gasteiger partial charge in [-0.05, 0) is 37.1 Å². The van der Waals surface area contributed by atoms with Gasteiger partial charge in [-0.25, -0.2) is 9.97 Å². The number of rotatable bonds is 5. The zero-order chi connectivity index (χ0) is 19.5. The smallest absolute Gasteiger partial charge is 0.260 e. The Kier molecular flexibility index (Phi) is 5.43. The summed E-state index contributed by atoms with van der Waals surface area (Å²) in [7, 11) is 0. The second-order valence-corrected chi connectivity index (χ2v) is 8.17. The lowest BCUT2D eigenvalue weighted by Crippen LogP contribution is -2.50. The maximum Gasteiger partial charge on any atom is 0.260 e. The minimum atomic E-state index is 0.0285. The topological polar surface area (TPSA) is 58.6 Å². The lowest BCUT2D eigenvalue weighted by Gasteiger charge is -2.35. The van der Waals surface area contributed by atoms with E-state index in [0.29, 0.717) is 13.1 Å². The molecule has 1 saturated heterocycles. The Labute approximate surface area is 168 Å². The van der Waals surface area contributed by atoms with Crippen molar-refractivity contribution >= 4 is 33.3 Å². The number of fused-ring (bicyclic) bond motifs is 1. The van der Waals surface area contributed by atoms with Crippen molar-refractivity contribution in [3.05, 3.63) is 47.1 Å². The van der Waals surface area contributed by atoms with Gasteiger partial charge in [0.05, 0.1) is 5.39 Å². The number of aromatic nitrogens is 2. The summed E-state index contributed by atoms with van der Waals surface area (Å²) in [5.41, 5.74) is 1.21. The first kappa shape index (κ1) is 18.7. The minimum Gasteiger partial charge on any atom is -0.484 e. The van der Waals surface area contributed by atoms with Gasteiger partial charge in [0.25, 0.3) is 5.91 Å². The third kappa shape index (κ3) is 3.94. The van der Waals surface area contributed by atoms with Gasteiger partial charge in [0.15, 0.2) is 6.61 Å². The Morgan fingerprint density at radius 1 is 1.18 bits per heavy atom. The van der Waals surface area contributed by atoms with E-state index in [1.807, 2.05) is 23.1 Å². The van der Waals surface area contributed by atoms with Gasteiger partial charge in [-0.2, -0.15) is 0 Å². The Morgan fingerprint density at radius 3 is 2.79 bits per heavy atom. The monoisotopic (exact) mass is 396 g/mol. The average Bonchev–Trinajstić information content (AvgIpc) is 3.12. The summed E-state index contributed by atoms with van der Waals surface area (Å²) in [5.74, 6) is 1.75. The predicted octanol–water partition coefficient (Wildman–Crippen LogP) is 3.29. The summed E-state index contributed by atoms with van der Waals surface area (Å²) >= 11 is 1.68. The van der Waals surface area contributed by atoms with E-state index < -0.39 is 0 Å². The summed E-state index contributed by atoms with van der Waals surface area (Å²) in [4.78, 5) is 27.8. The molecule has 0 radical (unpaired) electrons. The van der Waals surface area contributed by atoms with Crippen molar-refractivity contribution in [2.75, 3.05) is 37.7 Å². The van der Waals surface area contributed by atoms with Crippen molar-refractivity contribution < 1.29 is 9.53 Å². The molecule has 0 atom stereocenters. The zero-order valence-corrected chi connectivity index (χ0v) is 17.0. The van der Waals surface area contributed by atoms with Crippen molar-refractivity contribution in [3.8, 4) is 5.75 Å². The van der Waals surface area contributed by atoms with Crippen LogP contribution in [0.15, 0.2) is 36.7 Å². The van der Waals surface area contributed by atoms with Gasteiger partial charge in [0.2, 0.25) is 0 Å². The number of hydrogen-bond acceptors (Lipinski definition) is 6. The molecule has 0 unspecified atom stereocenters. The highest BCUT2D eigenvalue weighted by Crippen LogP contribution is 2.30. The number of ether oxygens (including phenoxy) is 1. The van der Waals surface area contributed by atoms with Crippen LogP contribution in [0.5, 0.6) is 5.75 Å². The Bertz CT molecular complexity index is 979. The molecule has 3 heterocycles. The molecular weight excluding hydrogens is 372 g/mol. The highest BCUT2D eigenvalue weighted by molar-refractivity contribution is 7.18. The standard InChI is InChI=1S/C21H24N4O2S/c1-3-16-5-4-6-17(12-16)27-13-19(26)24-7-9-25(10-8-24)20-18-11-15(2)28-21(18)23-14-22-20/h4-6,11-12,14H,3,7-10,13H2,1-2H3. The van der Waals surface area contributed by atoms with Crippen LogP contribution in [-0.2, 0) is 11.2 Å². The third-order valence-corrected chi connectivity index (χ3v) is 5.99. The highest BCUT2D eigenvalue weighted by Gasteiger charge is 2.23. The number of amides is 1. The highest BCUT2D eigenvalue weighted by atomic mass is 32.1. The van der Waals surface area contributed by atoms with Crippen LogP contribution in [0.4, 0.5) is 5.82 Å². The van der Waals surface area contributed by atoms with Crippen molar-refractivity contribution in [1.82, 2.24) is 14.9 Å². The first-order chi connectivity index (χ1) is 13.6. The molecule has 1 fully saturated rings. The van der Waals surface area contributed by atoms with E-state index in [4.69, 9.17) is 4.74 Å². The van der Waals surface area contributed by atoms with E-state index >= 15 is 0 Å². The Morgan fingerprint density at radius 2 is 2.00 bits per heavy atom. The molecule has 0 saturated carbocycles. The van der Waals surface area contributed by atoms with Gasteiger partial charge in [-0.15, -0.1) is 11.3 Å². The Hall–Kier alpha value is -2.67. The molecule has 3 aromatic rings. The van der Waals surface area contributed by atoms with E-state index in [1.165, 1.54) is 10.4 Å². The lowest BCUT2D eigenvalue weighted by molar-refractivity contribution is -0.133. The van der Waals surface area contributed by atoms with Crippen molar-refractivity contribution in [1.29, 1.82) is 0 Å². The fraction of sp³-hybridized carbons (Fsp3) is 0.381. The first-order valence-corrected chi connectivity index (χ1v) is 10.4.